The number of piperidine rings is 1. The van der Waals surface area contributed by atoms with E-state index in [1.807, 2.05) is 0 Å². The van der Waals surface area contributed by atoms with Crippen LogP contribution in [0.3, 0.4) is 0 Å². The van der Waals surface area contributed by atoms with Crippen molar-refractivity contribution in [1.82, 2.24) is 10.3 Å². The number of pyridine rings is 1. The molecule has 0 spiro atoms. The maximum Gasteiger partial charge on any atom is 0.216 e. The molecule has 0 bridgehead atoms. The van der Waals surface area contributed by atoms with Crippen molar-refractivity contribution in [1.29, 1.82) is 0 Å². The van der Waals surface area contributed by atoms with E-state index >= 15 is 0 Å². The van der Waals surface area contributed by atoms with E-state index in [0.717, 1.165) is 25.9 Å². The highest BCUT2D eigenvalue weighted by molar-refractivity contribution is 5.71. The largest absolute Gasteiger partial charge is 0.317 e. The van der Waals surface area contributed by atoms with Gasteiger partial charge in [-0.1, -0.05) is 6.07 Å². The van der Waals surface area contributed by atoms with Crippen LogP contribution in [0.15, 0.2) is 12.1 Å². The Hall–Kier alpha value is -1.29. The summed E-state index contributed by atoms with van der Waals surface area (Å²) in [5.74, 6) is -0.258. The van der Waals surface area contributed by atoms with Gasteiger partial charge in [0.2, 0.25) is 5.95 Å². The Bertz CT molecular complexity index is 362. The number of halogens is 1. The molecule has 1 fully saturated rings. The van der Waals surface area contributed by atoms with E-state index in [1.54, 1.807) is 12.1 Å². The van der Waals surface area contributed by atoms with Crippen LogP contribution in [0.5, 0.6) is 0 Å². The van der Waals surface area contributed by atoms with Gasteiger partial charge in [0.1, 0.15) is 5.69 Å². The van der Waals surface area contributed by atoms with E-state index in [-0.39, 0.29) is 11.6 Å². The van der Waals surface area contributed by atoms with Gasteiger partial charge >= 0.3 is 0 Å². The quantitative estimate of drug-likeness (QED) is 0.591. The summed E-state index contributed by atoms with van der Waals surface area (Å²) in [5.41, 5.74) is 0.798. The zero-order valence-corrected chi connectivity index (χ0v) is 8.37. The second kappa shape index (κ2) is 4.49. The standard InChI is InChI=1S/C11H13FN2O/c12-11-10(2-1-9(7-15)14-11)8-3-5-13-6-4-8/h1-2,7-8,13H,3-6H2. The minimum absolute atomic E-state index is 0.158. The summed E-state index contributed by atoms with van der Waals surface area (Å²) in [6.45, 7) is 1.83. The number of nitrogens with one attached hydrogen (secondary N) is 1. The Morgan fingerprint density at radius 3 is 2.73 bits per heavy atom. The third-order valence-corrected chi connectivity index (χ3v) is 2.80. The van der Waals surface area contributed by atoms with Gasteiger partial charge in [0.15, 0.2) is 6.29 Å². The second-order valence-electron chi connectivity index (χ2n) is 3.76. The van der Waals surface area contributed by atoms with Crippen molar-refractivity contribution in [2.45, 2.75) is 18.8 Å². The van der Waals surface area contributed by atoms with Crippen LogP contribution in [-0.2, 0) is 0 Å². The van der Waals surface area contributed by atoms with Crippen LogP contribution in [0, 0.1) is 5.95 Å². The van der Waals surface area contributed by atoms with E-state index in [4.69, 9.17) is 0 Å². The average Bonchev–Trinajstić information content (AvgIpc) is 2.30. The molecular weight excluding hydrogens is 195 g/mol. The fourth-order valence-corrected chi connectivity index (χ4v) is 1.96. The Balaban J connectivity index is 2.23. The molecule has 15 heavy (non-hydrogen) atoms. The van der Waals surface area contributed by atoms with Crippen LogP contribution in [-0.4, -0.2) is 24.4 Å². The average molecular weight is 208 g/mol. The van der Waals surface area contributed by atoms with Crippen LogP contribution < -0.4 is 5.32 Å². The molecule has 1 aliphatic rings. The van der Waals surface area contributed by atoms with Gasteiger partial charge in [0.25, 0.3) is 0 Å². The number of carbonyl (C=O) groups excluding carboxylic acids is 1. The van der Waals surface area contributed by atoms with E-state index in [2.05, 4.69) is 10.3 Å². The molecule has 80 valence electrons. The van der Waals surface area contributed by atoms with Crippen molar-refractivity contribution in [3.8, 4) is 0 Å². The molecule has 0 unspecified atom stereocenters. The summed E-state index contributed by atoms with van der Waals surface area (Å²) >= 11 is 0. The lowest BCUT2D eigenvalue weighted by molar-refractivity contribution is 0.111. The number of nitrogens with zero attached hydrogens (tertiary/aromatic N) is 1. The molecule has 1 saturated heterocycles. The molecule has 0 atom stereocenters. The predicted molar refractivity (Wildman–Crippen MR) is 54.4 cm³/mol. The van der Waals surface area contributed by atoms with Crippen LogP contribution >= 0.6 is 0 Å². The Morgan fingerprint density at radius 2 is 2.13 bits per heavy atom. The van der Waals surface area contributed by atoms with Crippen LogP contribution in [0.25, 0.3) is 0 Å². The Kier molecular flexibility index (Phi) is 3.06. The molecule has 1 aromatic heterocycles. The molecule has 0 saturated carbocycles. The van der Waals surface area contributed by atoms with Crippen molar-refractivity contribution < 1.29 is 9.18 Å². The minimum Gasteiger partial charge on any atom is -0.317 e. The first kappa shape index (κ1) is 10.2. The van der Waals surface area contributed by atoms with Gasteiger partial charge in [0.05, 0.1) is 0 Å². The van der Waals surface area contributed by atoms with E-state index in [1.165, 1.54) is 0 Å². The number of aldehydes is 1. The molecular formula is C11H13FN2O. The number of hydrogen-bond acceptors (Lipinski definition) is 3. The lowest BCUT2D eigenvalue weighted by Crippen LogP contribution is -2.27. The fourth-order valence-electron chi connectivity index (χ4n) is 1.96. The summed E-state index contributed by atoms with van der Waals surface area (Å²) in [6.07, 6.45) is 2.42. The van der Waals surface area contributed by atoms with Gasteiger partial charge < -0.3 is 5.32 Å². The highest BCUT2D eigenvalue weighted by Crippen LogP contribution is 2.26. The number of rotatable bonds is 2. The van der Waals surface area contributed by atoms with E-state index in [9.17, 15) is 9.18 Å². The zero-order valence-electron chi connectivity index (χ0n) is 8.37. The molecule has 0 aromatic carbocycles. The van der Waals surface area contributed by atoms with Crippen LogP contribution in [0.2, 0.25) is 0 Å². The van der Waals surface area contributed by atoms with Crippen LogP contribution in [0.4, 0.5) is 4.39 Å². The highest BCUT2D eigenvalue weighted by Gasteiger charge is 2.19. The third-order valence-electron chi connectivity index (χ3n) is 2.80. The summed E-state index contributed by atoms with van der Waals surface area (Å²) in [4.78, 5) is 14.0. The van der Waals surface area contributed by atoms with E-state index < -0.39 is 5.95 Å². The van der Waals surface area contributed by atoms with Gasteiger partial charge in [-0.25, -0.2) is 4.98 Å². The second-order valence-corrected chi connectivity index (χ2v) is 3.76. The molecule has 0 radical (unpaired) electrons. The summed E-state index contributed by atoms with van der Waals surface area (Å²) in [6, 6.07) is 3.26. The fraction of sp³-hybridized carbons (Fsp3) is 0.455. The molecule has 0 aliphatic carbocycles. The number of hydrogen-bond donors (Lipinski definition) is 1. The Labute approximate surface area is 87.7 Å². The molecule has 2 heterocycles. The monoisotopic (exact) mass is 208 g/mol. The highest BCUT2D eigenvalue weighted by atomic mass is 19.1. The smallest absolute Gasteiger partial charge is 0.216 e. The SMILES string of the molecule is O=Cc1ccc(C2CCNCC2)c(F)n1. The summed E-state index contributed by atoms with van der Waals surface area (Å²) < 4.78 is 13.5. The maximum absolute atomic E-state index is 13.5. The third kappa shape index (κ3) is 2.21. The van der Waals surface area contributed by atoms with Crippen LogP contribution in [0.1, 0.15) is 34.8 Å². The molecule has 4 heteroatoms. The van der Waals surface area contributed by atoms with Crippen molar-refractivity contribution >= 4 is 6.29 Å². The van der Waals surface area contributed by atoms with Gasteiger partial charge in [0, 0.05) is 5.56 Å². The topological polar surface area (TPSA) is 42.0 Å². The maximum atomic E-state index is 13.5. The predicted octanol–water partition coefficient (Wildman–Crippen LogP) is 1.50. The van der Waals surface area contributed by atoms with Crippen molar-refractivity contribution in [3.05, 3.63) is 29.3 Å². The Morgan fingerprint density at radius 1 is 1.40 bits per heavy atom. The first-order valence-corrected chi connectivity index (χ1v) is 5.13. The molecule has 0 amide bonds. The number of carbonyl (C=O) groups is 1. The lowest BCUT2D eigenvalue weighted by Gasteiger charge is -2.22. The van der Waals surface area contributed by atoms with Crippen molar-refractivity contribution in [2.75, 3.05) is 13.1 Å². The van der Waals surface area contributed by atoms with Gasteiger partial charge in [-0.3, -0.25) is 4.79 Å². The van der Waals surface area contributed by atoms with Gasteiger partial charge in [-0.15, -0.1) is 0 Å². The first-order chi connectivity index (χ1) is 7.31. The normalized spacial score (nSPS) is 17.7. The molecule has 2 rings (SSSR count). The summed E-state index contributed by atoms with van der Waals surface area (Å²) in [5, 5.41) is 3.23. The molecule has 1 aromatic rings. The van der Waals surface area contributed by atoms with Gasteiger partial charge in [-0.05, 0) is 37.9 Å². The first-order valence-electron chi connectivity index (χ1n) is 5.13. The molecule has 3 nitrogen and oxygen atoms in total. The zero-order chi connectivity index (χ0) is 10.7. The minimum atomic E-state index is -0.494. The molecule has 1 aliphatic heterocycles. The lowest BCUT2D eigenvalue weighted by atomic mass is 9.91. The summed E-state index contributed by atoms with van der Waals surface area (Å²) in [7, 11) is 0. The molecule has 1 N–H and O–H groups in total. The van der Waals surface area contributed by atoms with Crippen molar-refractivity contribution in [2.24, 2.45) is 0 Å². The number of aromatic nitrogens is 1. The van der Waals surface area contributed by atoms with E-state index in [0.29, 0.717) is 11.8 Å². The van der Waals surface area contributed by atoms with Crippen molar-refractivity contribution in [3.63, 3.8) is 0 Å². The van der Waals surface area contributed by atoms with Gasteiger partial charge in [-0.2, -0.15) is 4.39 Å².